The number of halogens is 1. The molecule has 10 heteroatoms. The van der Waals surface area contributed by atoms with Crippen molar-refractivity contribution in [2.24, 2.45) is 0 Å². The molecule has 35 heavy (non-hydrogen) atoms. The third-order valence-electron chi connectivity index (χ3n) is 6.66. The molecule has 1 N–H and O–H groups in total. The number of hydrogen-bond acceptors (Lipinski definition) is 7. The van der Waals surface area contributed by atoms with E-state index in [1.165, 1.54) is 12.3 Å². The number of benzene rings is 2. The fraction of sp³-hybridized carbons (Fsp3) is 0.280. The molecule has 4 heterocycles. The van der Waals surface area contributed by atoms with Crippen LogP contribution in [0, 0.1) is 5.82 Å². The van der Waals surface area contributed by atoms with Crippen LogP contribution in [0.3, 0.4) is 0 Å². The van der Waals surface area contributed by atoms with Gasteiger partial charge in [0.15, 0.2) is 21.5 Å². The number of aromatic nitrogens is 3. The molecule has 0 amide bonds. The number of nitrogens with one attached hydrogen (secondary N) is 1. The predicted octanol–water partition coefficient (Wildman–Crippen LogP) is 3.39. The lowest BCUT2D eigenvalue weighted by atomic mass is 10.1. The van der Waals surface area contributed by atoms with Crippen LogP contribution in [0.1, 0.15) is 5.56 Å². The van der Waals surface area contributed by atoms with Gasteiger partial charge in [0.05, 0.1) is 41.6 Å². The van der Waals surface area contributed by atoms with E-state index in [-0.39, 0.29) is 11.9 Å². The maximum atomic E-state index is 14.2. The number of fused-ring (bicyclic) bond motifs is 4. The monoisotopic (exact) mass is 493 g/mol. The van der Waals surface area contributed by atoms with E-state index in [1.807, 2.05) is 24.4 Å². The normalized spacial score (nSPS) is 17.9. The highest BCUT2D eigenvalue weighted by atomic mass is 32.2. The topological polar surface area (TPSA) is 91.4 Å². The van der Waals surface area contributed by atoms with Gasteiger partial charge in [-0.3, -0.25) is 0 Å². The van der Waals surface area contributed by atoms with Crippen molar-refractivity contribution < 1.29 is 17.5 Å². The van der Waals surface area contributed by atoms with Gasteiger partial charge in [-0.15, -0.1) is 0 Å². The minimum Gasteiger partial charge on any atom is -0.377 e. The summed E-state index contributed by atoms with van der Waals surface area (Å²) in [6.45, 7) is 3.28. The summed E-state index contributed by atoms with van der Waals surface area (Å²) in [6.07, 6.45) is 4.75. The van der Waals surface area contributed by atoms with Crippen LogP contribution in [0.2, 0.25) is 0 Å². The zero-order valence-electron chi connectivity index (χ0n) is 19.1. The van der Waals surface area contributed by atoms with Crippen molar-refractivity contribution in [3.8, 4) is 11.4 Å². The molecule has 2 aromatic heterocycles. The third kappa shape index (κ3) is 3.92. The Kier molecular flexibility index (Phi) is 5.23. The van der Waals surface area contributed by atoms with Crippen molar-refractivity contribution in [1.29, 1.82) is 0 Å². The Hall–Kier alpha value is -3.50. The molecule has 2 aliphatic rings. The van der Waals surface area contributed by atoms with E-state index in [9.17, 15) is 12.8 Å². The van der Waals surface area contributed by atoms with Gasteiger partial charge in [0.1, 0.15) is 5.82 Å². The summed E-state index contributed by atoms with van der Waals surface area (Å²) < 4.78 is 43.6. The second-order valence-electron chi connectivity index (χ2n) is 8.98. The zero-order valence-corrected chi connectivity index (χ0v) is 19.9. The Balaban J connectivity index is 1.39. The van der Waals surface area contributed by atoms with E-state index < -0.39 is 9.84 Å². The van der Waals surface area contributed by atoms with Crippen LogP contribution in [0.4, 0.5) is 15.9 Å². The molecule has 6 rings (SSSR count). The number of sulfone groups is 1. The minimum atomic E-state index is -3.24. The first-order chi connectivity index (χ1) is 16.9. The van der Waals surface area contributed by atoms with Crippen LogP contribution in [-0.4, -0.2) is 62.0 Å². The Morgan fingerprint density at radius 3 is 2.80 bits per heavy atom. The Labute approximate surface area is 202 Å². The molecule has 0 radical (unpaired) electrons. The molecule has 2 aromatic carbocycles. The quantitative estimate of drug-likeness (QED) is 0.466. The fourth-order valence-electron chi connectivity index (χ4n) is 4.90. The van der Waals surface area contributed by atoms with Crippen molar-refractivity contribution in [3.05, 3.63) is 66.2 Å². The zero-order chi connectivity index (χ0) is 24.2. The maximum Gasteiger partial charge on any atom is 0.175 e. The standard InChI is InChI=1S/C25H24FN5O3S/c1-35(32,33)18-4-2-16(3-5-18)13-30-14-17-15-34-11-10-31(17)25-22(30)12-28-24(29-25)20-6-7-21(26)23-19(20)8-9-27-23/h2-9,12,17,27H,10-11,13-15H2,1H3. The lowest BCUT2D eigenvalue weighted by Crippen LogP contribution is -2.55. The highest BCUT2D eigenvalue weighted by Crippen LogP contribution is 2.38. The molecule has 1 fully saturated rings. The number of hydrogen-bond donors (Lipinski definition) is 1. The molecule has 1 saturated heterocycles. The van der Waals surface area contributed by atoms with Gasteiger partial charge in [0.25, 0.3) is 0 Å². The number of H-pyrrole nitrogens is 1. The molecular formula is C25H24FN5O3S. The molecule has 180 valence electrons. The predicted molar refractivity (Wildman–Crippen MR) is 132 cm³/mol. The van der Waals surface area contributed by atoms with E-state index >= 15 is 0 Å². The summed E-state index contributed by atoms with van der Waals surface area (Å²) in [5, 5.41) is 0.738. The van der Waals surface area contributed by atoms with Crippen molar-refractivity contribution in [2.75, 3.05) is 42.4 Å². The Morgan fingerprint density at radius 1 is 1.17 bits per heavy atom. The van der Waals surface area contributed by atoms with Gasteiger partial charge in [0.2, 0.25) is 0 Å². The van der Waals surface area contributed by atoms with Crippen LogP contribution in [0.15, 0.2) is 59.8 Å². The van der Waals surface area contributed by atoms with Gasteiger partial charge < -0.3 is 19.5 Å². The molecule has 0 saturated carbocycles. The number of ether oxygens (including phenoxy) is 1. The molecule has 4 aromatic rings. The maximum absolute atomic E-state index is 14.2. The lowest BCUT2D eigenvalue weighted by molar-refractivity contribution is 0.0936. The molecular weight excluding hydrogens is 469 g/mol. The van der Waals surface area contributed by atoms with Crippen molar-refractivity contribution in [1.82, 2.24) is 15.0 Å². The molecule has 8 nitrogen and oxygen atoms in total. The van der Waals surface area contributed by atoms with Gasteiger partial charge in [-0.05, 0) is 35.9 Å². The second kappa shape index (κ2) is 8.31. The average Bonchev–Trinajstić information content (AvgIpc) is 3.35. The van der Waals surface area contributed by atoms with Gasteiger partial charge in [-0.25, -0.2) is 22.8 Å². The van der Waals surface area contributed by atoms with Gasteiger partial charge in [0, 0.05) is 43.0 Å². The average molecular weight is 494 g/mol. The van der Waals surface area contributed by atoms with E-state index in [2.05, 4.69) is 19.8 Å². The lowest BCUT2D eigenvalue weighted by Gasteiger charge is -2.45. The van der Waals surface area contributed by atoms with Gasteiger partial charge in [-0.1, -0.05) is 12.1 Å². The van der Waals surface area contributed by atoms with Crippen LogP contribution in [0.5, 0.6) is 0 Å². The Bertz CT molecular complexity index is 1520. The van der Waals surface area contributed by atoms with E-state index in [0.29, 0.717) is 36.0 Å². The molecule has 1 unspecified atom stereocenters. The van der Waals surface area contributed by atoms with Crippen molar-refractivity contribution in [2.45, 2.75) is 17.5 Å². The smallest absolute Gasteiger partial charge is 0.175 e. The number of aromatic amines is 1. The Morgan fingerprint density at radius 2 is 2.00 bits per heavy atom. The summed E-state index contributed by atoms with van der Waals surface area (Å²) in [4.78, 5) is 17.4. The second-order valence-corrected chi connectivity index (χ2v) is 11.0. The van der Waals surface area contributed by atoms with Gasteiger partial charge in [-0.2, -0.15) is 0 Å². The first kappa shape index (κ1) is 22.0. The highest BCUT2D eigenvalue weighted by Gasteiger charge is 2.35. The van der Waals surface area contributed by atoms with Crippen LogP contribution < -0.4 is 9.80 Å². The molecule has 0 bridgehead atoms. The number of nitrogens with zero attached hydrogens (tertiary/aromatic N) is 4. The van der Waals surface area contributed by atoms with Crippen LogP contribution >= 0.6 is 0 Å². The largest absolute Gasteiger partial charge is 0.377 e. The number of rotatable bonds is 4. The fourth-order valence-corrected chi connectivity index (χ4v) is 5.53. The molecule has 0 spiro atoms. The molecule has 1 atom stereocenters. The van der Waals surface area contributed by atoms with Crippen molar-refractivity contribution in [3.63, 3.8) is 0 Å². The molecule has 2 aliphatic heterocycles. The summed E-state index contributed by atoms with van der Waals surface area (Å²) in [5.74, 6) is 1.06. The number of anilines is 2. The SMILES string of the molecule is CS(=O)(=O)c1ccc(CN2CC3COCCN3c3nc(-c4ccc(F)c5[nH]ccc45)ncc32)cc1. The number of morpholine rings is 1. The third-order valence-corrected chi connectivity index (χ3v) is 7.79. The summed E-state index contributed by atoms with van der Waals surface area (Å²) in [6, 6.07) is 12.1. The highest BCUT2D eigenvalue weighted by molar-refractivity contribution is 7.90. The molecule has 0 aliphatic carbocycles. The van der Waals surface area contributed by atoms with E-state index in [1.54, 1.807) is 24.4 Å². The first-order valence-electron chi connectivity index (χ1n) is 11.4. The van der Waals surface area contributed by atoms with Crippen LogP contribution in [-0.2, 0) is 21.1 Å². The van der Waals surface area contributed by atoms with Gasteiger partial charge >= 0.3 is 0 Å². The van der Waals surface area contributed by atoms with E-state index in [4.69, 9.17) is 9.72 Å². The summed E-state index contributed by atoms with van der Waals surface area (Å²) >= 11 is 0. The summed E-state index contributed by atoms with van der Waals surface area (Å²) in [7, 11) is -3.24. The minimum absolute atomic E-state index is 0.134. The summed E-state index contributed by atoms with van der Waals surface area (Å²) in [5.41, 5.74) is 3.10. The van der Waals surface area contributed by atoms with Crippen LogP contribution in [0.25, 0.3) is 22.3 Å². The van der Waals surface area contributed by atoms with Crippen molar-refractivity contribution >= 4 is 32.2 Å². The van der Waals surface area contributed by atoms with E-state index in [0.717, 1.165) is 41.1 Å². The first-order valence-corrected chi connectivity index (χ1v) is 13.3.